The molecule has 2 aromatic carbocycles. The number of rotatable bonds is 0. The van der Waals surface area contributed by atoms with Crippen molar-refractivity contribution in [2.75, 3.05) is 0 Å². The van der Waals surface area contributed by atoms with E-state index in [1.165, 1.54) is 42.4 Å². The van der Waals surface area contributed by atoms with Gasteiger partial charge in [-0.2, -0.15) is 0 Å². The lowest BCUT2D eigenvalue weighted by atomic mass is 9.80. The molecule has 1 aromatic heterocycles. The number of hydrogen-bond acceptors (Lipinski definition) is 1. The molecule has 0 nitrogen and oxygen atoms in total. The van der Waals surface area contributed by atoms with Crippen molar-refractivity contribution in [1.82, 2.24) is 0 Å². The highest BCUT2D eigenvalue weighted by Gasteiger charge is 2.37. The third-order valence-electron chi connectivity index (χ3n) is 5.59. The van der Waals surface area contributed by atoms with E-state index in [1.807, 2.05) is 11.3 Å². The number of fused-ring (bicyclic) bond motifs is 6. The number of hydrogen-bond donors (Lipinski definition) is 0. The summed E-state index contributed by atoms with van der Waals surface area (Å²) in [4.78, 5) is 0. The molecule has 3 aromatic rings. The topological polar surface area (TPSA) is 0 Å². The van der Waals surface area contributed by atoms with Crippen LogP contribution in [0.4, 0.5) is 0 Å². The predicted molar refractivity (Wildman–Crippen MR) is 107 cm³/mol. The average Bonchev–Trinajstić information content (AvgIpc) is 2.95. The maximum Gasteiger partial charge on any atom is 0.0437 e. The molecular weight excluding hydrogens is 308 g/mol. The second-order valence-electron chi connectivity index (χ2n) is 7.49. The lowest BCUT2D eigenvalue weighted by Gasteiger charge is -2.23. The van der Waals surface area contributed by atoms with Crippen LogP contribution in [-0.4, -0.2) is 0 Å². The number of thiophene rings is 1. The molecule has 0 spiro atoms. The van der Waals surface area contributed by atoms with Gasteiger partial charge in [-0.05, 0) is 28.7 Å². The van der Waals surface area contributed by atoms with Crippen molar-refractivity contribution in [1.29, 1.82) is 0 Å². The summed E-state index contributed by atoms with van der Waals surface area (Å²) in [5.74, 6) is 0.497. The zero-order chi connectivity index (χ0) is 16.5. The standard InChI is InChI=1S/C23H20S/c1-14-8-10-17-18(12-9-14)23(2,3)19-13-11-16-15-6-4-5-7-20(15)24-22(16)21(17)19/h4-14H,1-3H3. The van der Waals surface area contributed by atoms with Crippen LogP contribution < -0.4 is 0 Å². The van der Waals surface area contributed by atoms with Crippen molar-refractivity contribution in [2.24, 2.45) is 5.92 Å². The van der Waals surface area contributed by atoms with Gasteiger partial charge in [0.05, 0.1) is 0 Å². The van der Waals surface area contributed by atoms with Crippen LogP contribution in [0.25, 0.3) is 25.7 Å². The summed E-state index contributed by atoms with van der Waals surface area (Å²) >= 11 is 1.94. The molecular formula is C23H20S. The van der Waals surface area contributed by atoms with Crippen molar-refractivity contribution < 1.29 is 0 Å². The summed E-state index contributed by atoms with van der Waals surface area (Å²) in [6.45, 7) is 6.98. The first kappa shape index (κ1) is 14.2. The van der Waals surface area contributed by atoms with Gasteiger partial charge in [0, 0.05) is 31.2 Å². The average molecular weight is 328 g/mol. The Kier molecular flexibility index (Phi) is 2.79. The Balaban J connectivity index is 1.93. The van der Waals surface area contributed by atoms with E-state index in [2.05, 4.69) is 81.5 Å². The van der Waals surface area contributed by atoms with Gasteiger partial charge in [0.1, 0.15) is 0 Å². The first-order valence-electron chi connectivity index (χ1n) is 8.63. The molecule has 2 aliphatic rings. The minimum Gasteiger partial charge on any atom is -0.135 e. The quantitative estimate of drug-likeness (QED) is 0.423. The molecule has 0 fully saturated rings. The minimum absolute atomic E-state index is 0.0694. The predicted octanol–water partition coefficient (Wildman–Crippen LogP) is 6.86. The molecule has 2 aliphatic carbocycles. The van der Waals surface area contributed by atoms with E-state index in [9.17, 15) is 0 Å². The van der Waals surface area contributed by atoms with Crippen molar-refractivity contribution in [2.45, 2.75) is 26.2 Å². The summed E-state index contributed by atoms with van der Waals surface area (Å²) in [6, 6.07) is 13.5. The highest BCUT2D eigenvalue weighted by Crippen LogP contribution is 2.52. The van der Waals surface area contributed by atoms with Crippen molar-refractivity contribution in [3.05, 3.63) is 77.4 Å². The Morgan fingerprint density at radius 3 is 2.58 bits per heavy atom. The lowest BCUT2D eigenvalue weighted by molar-refractivity contribution is 0.654. The van der Waals surface area contributed by atoms with E-state index in [1.54, 1.807) is 0 Å². The normalized spacial score (nSPS) is 21.4. The minimum atomic E-state index is 0.0694. The summed E-state index contributed by atoms with van der Waals surface area (Å²) in [5.41, 5.74) is 5.88. The first-order chi connectivity index (χ1) is 11.6. The molecule has 0 saturated carbocycles. The van der Waals surface area contributed by atoms with Crippen LogP contribution in [0.2, 0.25) is 0 Å². The molecule has 0 bridgehead atoms. The van der Waals surface area contributed by atoms with E-state index in [0.717, 1.165) is 0 Å². The van der Waals surface area contributed by atoms with Gasteiger partial charge >= 0.3 is 0 Å². The van der Waals surface area contributed by atoms with Crippen LogP contribution >= 0.6 is 11.3 Å². The van der Waals surface area contributed by atoms with Crippen LogP contribution in [0.15, 0.2) is 66.3 Å². The molecule has 0 N–H and O–H groups in total. The van der Waals surface area contributed by atoms with Gasteiger partial charge in [-0.3, -0.25) is 0 Å². The summed E-state index contributed by atoms with van der Waals surface area (Å²) < 4.78 is 2.83. The van der Waals surface area contributed by atoms with Gasteiger partial charge in [0.25, 0.3) is 0 Å². The van der Waals surface area contributed by atoms with Crippen LogP contribution in [0, 0.1) is 5.92 Å². The Bertz CT molecular complexity index is 1090. The molecule has 0 saturated heterocycles. The van der Waals surface area contributed by atoms with Crippen LogP contribution in [0.1, 0.15) is 31.9 Å². The molecule has 24 heavy (non-hydrogen) atoms. The summed E-state index contributed by atoms with van der Waals surface area (Å²) in [5, 5.41) is 2.78. The number of benzene rings is 2. The van der Waals surface area contributed by atoms with Crippen molar-refractivity contribution in [3.63, 3.8) is 0 Å². The smallest absolute Gasteiger partial charge is 0.0437 e. The zero-order valence-electron chi connectivity index (χ0n) is 14.3. The van der Waals surface area contributed by atoms with E-state index in [0.29, 0.717) is 5.92 Å². The summed E-state index contributed by atoms with van der Waals surface area (Å²) in [7, 11) is 0. The van der Waals surface area contributed by atoms with Crippen LogP contribution in [0.3, 0.4) is 0 Å². The largest absolute Gasteiger partial charge is 0.135 e. The maximum absolute atomic E-state index is 2.36. The Morgan fingerprint density at radius 1 is 0.917 bits per heavy atom. The fraction of sp³-hybridized carbons (Fsp3) is 0.217. The monoisotopic (exact) mass is 328 g/mol. The molecule has 5 rings (SSSR count). The molecule has 1 unspecified atom stereocenters. The van der Waals surface area contributed by atoms with E-state index < -0.39 is 0 Å². The molecule has 0 radical (unpaired) electrons. The molecule has 1 heterocycles. The first-order valence-corrected chi connectivity index (χ1v) is 9.45. The summed E-state index contributed by atoms with van der Waals surface area (Å²) in [6.07, 6.45) is 9.38. The SMILES string of the molecule is CC1C=CC2=C(C=C1)C(C)(C)c1ccc3c(sc4ccccc43)c12. The molecule has 1 heteroatoms. The Morgan fingerprint density at radius 2 is 1.71 bits per heavy atom. The highest BCUT2D eigenvalue weighted by atomic mass is 32.1. The third-order valence-corrected chi connectivity index (χ3v) is 6.79. The van der Waals surface area contributed by atoms with E-state index >= 15 is 0 Å². The van der Waals surface area contributed by atoms with Crippen LogP contribution in [-0.2, 0) is 5.41 Å². The highest BCUT2D eigenvalue weighted by molar-refractivity contribution is 7.26. The third kappa shape index (κ3) is 1.74. The van der Waals surface area contributed by atoms with Gasteiger partial charge in [-0.25, -0.2) is 0 Å². The Labute approximate surface area is 146 Å². The van der Waals surface area contributed by atoms with E-state index in [4.69, 9.17) is 0 Å². The van der Waals surface area contributed by atoms with Crippen molar-refractivity contribution in [3.8, 4) is 0 Å². The molecule has 0 amide bonds. The van der Waals surface area contributed by atoms with Gasteiger partial charge in [0.15, 0.2) is 0 Å². The zero-order valence-corrected chi connectivity index (χ0v) is 15.1. The van der Waals surface area contributed by atoms with Gasteiger partial charge < -0.3 is 0 Å². The Hall–Kier alpha value is -2.12. The maximum atomic E-state index is 2.36. The van der Waals surface area contributed by atoms with E-state index in [-0.39, 0.29) is 5.41 Å². The molecule has 1 atom stereocenters. The lowest BCUT2D eigenvalue weighted by Crippen LogP contribution is -2.16. The van der Waals surface area contributed by atoms with Gasteiger partial charge in [-0.15, -0.1) is 11.3 Å². The fourth-order valence-electron chi connectivity index (χ4n) is 4.22. The molecule has 118 valence electrons. The second kappa shape index (κ2) is 4.70. The molecule has 0 aliphatic heterocycles. The van der Waals surface area contributed by atoms with Gasteiger partial charge in [-0.1, -0.05) is 75.4 Å². The fourth-order valence-corrected chi connectivity index (χ4v) is 5.49. The van der Waals surface area contributed by atoms with Crippen LogP contribution in [0.5, 0.6) is 0 Å². The second-order valence-corrected chi connectivity index (χ2v) is 8.54. The number of allylic oxidation sites excluding steroid dienone is 6. The van der Waals surface area contributed by atoms with Crippen molar-refractivity contribution >= 4 is 37.1 Å². The van der Waals surface area contributed by atoms with Gasteiger partial charge in [0.2, 0.25) is 0 Å².